The molecule has 0 aliphatic heterocycles. The van der Waals surface area contributed by atoms with Crippen molar-refractivity contribution in [2.75, 3.05) is 6.54 Å². The minimum atomic E-state index is -5.08. The molecule has 7 atom stereocenters. The molecule has 0 aliphatic carbocycles. The van der Waals surface area contributed by atoms with Crippen LogP contribution in [-0.2, 0) is 44.8 Å². The largest absolute Gasteiger partial charge is 0.508 e. The molecule has 0 radical (unpaired) electrons. The molecule has 0 aliphatic rings. The maximum atomic E-state index is 13.8. The van der Waals surface area contributed by atoms with Gasteiger partial charge in [-0.3, -0.25) is 28.8 Å². The number of phenolic OH excluding ortho intramolecular Hbond substituents is 1. The molecule has 0 saturated heterocycles. The van der Waals surface area contributed by atoms with Gasteiger partial charge in [0.25, 0.3) is 0 Å². The Labute approximate surface area is 353 Å². The molecule has 0 heterocycles. The first-order valence-electron chi connectivity index (χ1n) is 19.3. The van der Waals surface area contributed by atoms with Gasteiger partial charge in [0.1, 0.15) is 36.0 Å². The summed E-state index contributed by atoms with van der Waals surface area (Å²) in [5, 5.41) is 39.6. The molecule has 14 N–H and O–H groups in total. The standard InChI is InChI=1S/C36H60N8O9.C2HF3O2.CH4/c1-7-21(6)30(44-31(47)24(15-16-27(38)46)40-33(49)28(39)19(2)3)35(51)43-29(20(4)5)34(50)42-26(18-22-11-13-23(45)14-12-22)32(48)41-25(36(52)53)10-8-9-17-37;3-2(4,5)1(6)7;/h11-14,19-21,24-26,28-30,45H,7-10,15-18,37,39H2,1-6H3,(H2,38,46)(H,40,49)(H,41,48)(H,42,50)(H,43,51)(H,44,47)(H,52,53);(H,6,7);1H4/t21-,24-,25-,26-,28-,29-,30-;;/m0../s1. The molecule has 19 nitrogen and oxygen atoms in total. The average Bonchev–Trinajstić information content (AvgIpc) is 3.16. The normalized spacial score (nSPS) is 14.5. The number of benzene rings is 1. The van der Waals surface area contributed by atoms with E-state index in [-0.39, 0.29) is 44.8 Å². The summed E-state index contributed by atoms with van der Waals surface area (Å²) >= 11 is 0. The number of rotatable bonds is 24. The second-order valence-electron chi connectivity index (χ2n) is 14.9. The number of alkyl halides is 3. The van der Waals surface area contributed by atoms with Crippen LogP contribution in [0.25, 0.3) is 0 Å². The van der Waals surface area contributed by atoms with Gasteiger partial charge < -0.3 is 59.1 Å². The highest BCUT2D eigenvalue weighted by atomic mass is 19.4. The summed E-state index contributed by atoms with van der Waals surface area (Å²) in [5.41, 5.74) is 17.3. The summed E-state index contributed by atoms with van der Waals surface area (Å²) in [6.07, 6.45) is -4.00. The Balaban J connectivity index is 0. The number of unbranched alkanes of at least 4 members (excludes halogenated alkanes) is 1. The topological polar surface area (TPSA) is 335 Å². The summed E-state index contributed by atoms with van der Waals surface area (Å²) < 4.78 is 31.7. The molecular weight excluding hydrogens is 813 g/mol. The number of primary amides is 1. The molecule has 0 unspecified atom stereocenters. The number of nitrogens with one attached hydrogen (secondary N) is 5. The second kappa shape index (κ2) is 28.1. The van der Waals surface area contributed by atoms with Crippen molar-refractivity contribution >= 4 is 47.4 Å². The fourth-order valence-corrected chi connectivity index (χ4v) is 5.22. The summed E-state index contributed by atoms with van der Waals surface area (Å²) in [5.74, 6) is -9.57. The van der Waals surface area contributed by atoms with Crippen LogP contribution in [0.5, 0.6) is 5.75 Å². The van der Waals surface area contributed by atoms with Gasteiger partial charge in [-0.2, -0.15) is 13.2 Å². The number of hydrogen-bond donors (Lipinski definition) is 11. The molecule has 61 heavy (non-hydrogen) atoms. The smallest absolute Gasteiger partial charge is 0.490 e. The lowest BCUT2D eigenvalue weighted by molar-refractivity contribution is -0.192. The number of carboxylic acids is 2. The molecular formula is C39H65F3N8O11. The lowest BCUT2D eigenvalue weighted by Gasteiger charge is -2.30. The first-order valence-corrected chi connectivity index (χ1v) is 19.3. The summed E-state index contributed by atoms with van der Waals surface area (Å²) in [6.45, 7) is 10.7. The number of nitrogens with two attached hydrogens (primary N) is 3. The van der Waals surface area contributed by atoms with Crippen molar-refractivity contribution in [1.29, 1.82) is 0 Å². The van der Waals surface area contributed by atoms with Crippen LogP contribution in [0.1, 0.15) is 93.1 Å². The van der Waals surface area contributed by atoms with Crippen LogP contribution in [0.15, 0.2) is 24.3 Å². The van der Waals surface area contributed by atoms with E-state index in [2.05, 4.69) is 26.6 Å². The summed E-state index contributed by atoms with van der Waals surface area (Å²) in [4.78, 5) is 99.8. The number of amides is 6. The van der Waals surface area contributed by atoms with E-state index in [0.29, 0.717) is 31.4 Å². The minimum Gasteiger partial charge on any atom is -0.508 e. The fraction of sp³-hybridized carbons (Fsp3) is 0.641. The van der Waals surface area contributed by atoms with E-state index in [9.17, 15) is 56.9 Å². The van der Waals surface area contributed by atoms with E-state index in [1.807, 2.05) is 0 Å². The van der Waals surface area contributed by atoms with Gasteiger partial charge in [0.15, 0.2) is 0 Å². The number of halogens is 3. The van der Waals surface area contributed by atoms with Crippen molar-refractivity contribution < 1.29 is 66.8 Å². The third-order valence-corrected chi connectivity index (χ3v) is 9.19. The van der Waals surface area contributed by atoms with Crippen molar-refractivity contribution in [2.45, 2.75) is 136 Å². The number of aliphatic carboxylic acids is 2. The number of carbonyl (C=O) groups excluding carboxylic acids is 6. The van der Waals surface area contributed by atoms with Gasteiger partial charge in [0.2, 0.25) is 35.4 Å². The van der Waals surface area contributed by atoms with Crippen LogP contribution in [0.2, 0.25) is 0 Å². The molecule has 0 fully saturated rings. The number of carboxylic acid groups (broad SMARTS) is 2. The van der Waals surface area contributed by atoms with Gasteiger partial charge in [0, 0.05) is 12.8 Å². The van der Waals surface area contributed by atoms with Gasteiger partial charge in [-0.25, -0.2) is 9.59 Å². The van der Waals surface area contributed by atoms with Gasteiger partial charge >= 0.3 is 18.1 Å². The SMILES string of the molecule is C.CC[C@H](C)[C@H](NC(=O)[C@H](CCC(N)=O)NC(=O)[C@@H](N)C(C)C)C(=O)N[C@H](C(=O)N[C@@H](Cc1ccc(O)cc1)C(=O)N[C@@H](CCCCN)C(=O)O)C(C)C.O=C(O)C(F)(F)F. The highest BCUT2D eigenvalue weighted by Crippen LogP contribution is 2.15. The highest BCUT2D eigenvalue weighted by molar-refractivity contribution is 5.96. The van der Waals surface area contributed by atoms with E-state index in [4.69, 9.17) is 27.1 Å². The second-order valence-corrected chi connectivity index (χ2v) is 14.9. The van der Waals surface area contributed by atoms with Crippen LogP contribution < -0.4 is 43.8 Å². The van der Waals surface area contributed by atoms with Gasteiger partial charge in [-0.05, 0) is 67.7 Å². The number of carbonyl (C=O) groups is 8. The van der Waals surface area contributed by atoms with Gasteiger partial charge in [-0.1, -0.05) is 67.5 Å². The Kier molecular flexibility index (Phi) is 26.5. The number of aromatic hydroxyl groups is 1. The van der Waals surface area contributed by atoms with E-state index >= 15 is 0 Å². The molecule has 0 aromatic heterocycles. The van der Waals surface area contributed by atoms with Crippen molar-refractivity contribution in [3.05, 3.63) is 29.8 Å². The molecule has 6 amide bonds. The molecule has 1 aromatic carbocycles. The lowest BCUT2D eigenvalue weighted by atomic mass is 9.95. The Morgan fingerprint density at radius 2 is 1.16 bits per heavy atom. The van der Waals surface area contributed by atoms with Crippen molar-refractivity contribution in [1.82, 2.24) is 26.6 Å². The third kappa shape index (κ3) is 22.1. The zero-order chi connectivity index (χ0) is 46.5. The zero-order valence-electron chi connectivity index (χ0n) is 34.6. The Morgan fingerprint density at radius 3 is 1.61 bits per heavy atom. The van der Waals surface area contributed by atoms with Crippen molar-refractivity contribution in [3.63, 3.8) is 0 Å². The molecule has 348 valence electrons. The van der Waals surface area contributed by atoms with Crippen molar-refractivity contribution in [3.8, 4) is 5.75 Å². The molecule has 0 bridgehead atoms. The van der Waals surface area contributed by atoms with Crippen LogP contribution in [-0.4, -0.2) is 112 Å². The highest BCUT2D eigenvalue weighted by Gasteiger charge is 2.38. The summed E-state index contributed by atoms with van der Waals surface area (Å²) in [6, 6.07) is -1.20. The third-order valence-electron chi connectivity index (χ3n) is 9.19. The maximum Gasteiger partial charge on any atom is 0.490 e. The van der Waals surface area contributed by atoms with E-state index < -0.39 is 102 Å². The lowest BCUT2D eigenvalue weighted by Crippen LogP contribution is -2.61. The molecule has 0 spiro atoms. The van der Waals surface area contributed by atoms with Gasteiger partial charge in [-0.15, -0.1) is 0 Å². The number of hydrogen-bond acceptors (Lipinski definition) is 11. The predicted octanol–water partition coefficient (Wildman–Crippen LogP) is 0.793. The quantitative estimate of drug-likeness (QED) is 0.0641. The van der Waals surface area contributed by atoms with Crippen LogP contribution in [0.3, 0.4) is 0 Å². The maximum absolute atomic E-state index is 13.8. The van der Waals surface area contributed by atoms with Crippen molar-refractivity contribution in [2.24, 2.45) is 35.0 Å². The van der Waals surface area contributed by atoms with Crippen LogP contribution in [0.4, 0.5) is 13.2 Å². The minimum absolute atomic E-state index is 0. The molecule has 1 rings (SSSR count). The molecule has 22 heteroatoms. The molecule has 0 saturated carbocycles. The van der Waals surface area contributed by atoms with E-state index in [1.54, 1.807) is 53.7 Å². The first kappa shape index (κ1) is 57.6. The van der Waals surface area contributed by atoms with Gasteiger partial charge in [0.05, 0.1) is 6.04 Å². The first-order chi connectivity index (χ1) is 27.8. The Bertz CT molecular complexity index is 1600. The molecule has 1 aromatic rings. The van der Waals surface area contributed by atoms with Crippen LogP contribution >= 0.6 is 0 Å². The van der Waals surface area contributed by atoms with E-state index in [1.165, 1.54) is 12.1 Å². The summed E-state index contributed by atoms with van der Waals surface area (Å²) in [7, 11) is 0. The Morgan fingerprint density at radius 1 is 0.689 bits per heavy atom. The average molecular weight is 879 g/mol. The Hall–Kier alpha value is -5.51. The monoisotopic (exact) mass is 878 g/mol. The van der Waals surface area contributed by atoms with Crippen LogP contribution in [0, 0.1) is 17.8 Å². The zero-order valence-corrected chi connectivity index (χ0v) is 34.6. The fourth-order valence-electron chi connectivity index (χ4n) is 5.22. The van der Waals surface area contributed by atoms with E-state index in [0.717, 1.165) is 0 Å². The number of phenols is 1. The predicted molar refractivity (Wildman–Crippen MR) is 218 cm³/mol.